The fourth-order valence-electron chi connectivity index (χ4n) is 3.05. The van der Waals surface area contributed by atoms with Crippen LogP contribution < -0.4 is 10.1 Å². The Morgan fingerprint density at radius 2 is 1.92 bits per heavy atom. The molecule has 0 bridgehead atoms. The summed E-state index contributed by atoms with van der Waals surface area (Å²) in [5.74, 6) is 0.482. The minimum Gasteiger partial charge on any atom is -0.485 e. The molecular formula is C20H22BrNO3. The number of carbonyl (C=O) groups is 1. The molecule has 25 heavy (non-hydrogen) atoms. The second-order valence-electron chi connectivity index (χ2n) is 6.83. The molecule has 0 aliphatic carbocycles. The predicted molar refractivity (Wildman–Crippen MR) is 101 cm³/mol. The van der Waals surface area contributed by atoms with Crippen molar-refractivity contribution in [3.8, 4) is 5.75 Å². The molecule has 0 saturated heterocycles. The number of hydrogen-bond acceptors (Lipinski definition) is 3. The molecule has 2 N–H and O–H groups in total. The first-order valence-corrected chi connectivity index (χ1v) is 9.17. The van der Waals surface area contributed by atoms with Crippen LogP contribution in [-0.2, 0) is 6.42 Å². The lowest BCUT2D eigenvalue weighted by Crippen LogP contribution is -2.53. The van der Waals surface area contributed by atoms with Gasteiger partial charge in [0.1, 0.15) is 17.5 Å². The molecule has 2 aromatic rings. The normalized spacial score (nSPS) is 21.2. The van der Waals surface area contributed by atoms with Crippen molar-refractivity contribution in [3.05, 3.63) is 63.6 Å². The summed E-state index contributed by atoms with van der Waals surface area (Å²) < 4.78 is 6.87. The Kier molecular flexibility index (Phi) is 4.89. The number of aliphatic hydroxyl groups excluding tert-OH is 1. The number of aliphatic hydroxyl groups is 1. The third kappa shape index (κ3) is 3.58. The van der Waals surface area contributed by atoms with Crippen LogP contribution in [0.4, 0.5) is 0 Å². The van der Waals surface area contributed by atoms with Gasteiger partial charge in [-0.3, -0.25) is 4.79 Å². The van der Waals surface area contributed by atoms with Gasteiger partial charge in [0, 0.05) is 15.6 Å². The molecule has 1 heterocycles. The van der Waals surface area contributed by atoms with Gasteiger partial charge in [0.05, 0.1) is 6.04 Å². The van der Waals surface area contributed by atoms with E-state index in [1.807, 2.05) is 44.2 Å². The Labute approximate surface area is 156 Å². The summed E-state index contributed by atoms with van der Waals surface area (Å²) in [4.78, 5) is 12.7. The fourth-order valence-corrected chi connectivity index (χ4v) is 3.32. The molecule has 2 atom stereocenters. The van der Waals surface area contributed by atoms with Crippen molar-refractivity contribution >= 4 is 21.8 Å². The van der Waals surface area contributed by atoms with Crippen LogP contribution in [0.1, 0.15) is 48.3 Å². The van der Waals surface area contributed by atoms with Crippen LogP contribution in [-0.4, -0.2) is 22.7 Å². The van der Waals surface area contributed by atoms with Crippen molar-refractivity contribution in [3.63, 3.8) is 0 Å². The Morgan fingerprint density at radius 1 is 1.24 bits per heavy atom. The Bertz CT molecular complexity index is 786. The van der Waals surface area contributed by atoms with E-state index in [9.17, 15) is 9.90 Å². The Morgan fingerprint density at radius 3 is 2.56 bits per heavy atom. The summed E-state index contributed by atoms with van der Waals surface area (Å²) in [5.41, 5.74) is 1.71. The zero-order chi connectivity index (χ0) is 18.2. The van der Waals surface area contributed by atoms with Crippen LogP contribution >= 0.6 is 15.9 Å². The molecule has 0 fully saturated rings. The molecule has 2 unspecified atom stereocenters. The van der Waals surface area contributed by atoms with Crippen molar-refractivity contribution in [1.82, 2.24) is 5.32 Å². The first kappa shape index (κ1) is 18.0. The molecule has 0 spiro atoms. The number of nitrogens with one attached hydrogen (secondary N) is 1. The largest absolute Gasteiger partial charge is 0.485 e. The second kappa shape index (κ2) is 6.81. The zero-order valence-electron chi connectivity index (χ0n) is 14.5. The summed E-state index contributed by atoms with van der Waals surface area (Å²) in [5, 5.41) is 13.8. The summed E-state index contributed by atoms with van der Waals surface area (Å²) >= 11 is 3.37. The number of benzene rings is 2. The molecule has 4 nitrogen and oxygen atoms in total. The molecule has 0 aromatic heterocycles. The smallest absolute Gasteiger partial charge is 0.251 e. The Hall–Kier alpha value is -1.85. The van der Waals surface area contributed by atoms with Crippen molar-refractivity contribution in [1.29, 1.82) is 0 Å². The molecule has 2 aromatic carbocycles. The van der Waals surface area contributed by atoms with Gasteiger partial charge in [0.15, 0.2) is 0 Å². The SMILES string of the molecule is CCc1ccc2c(c1)C(NC(=O)c1ccc(Br)cc1)C(O)C(C)(C)O2. The van der Waals surface area contributed by atoms with Gasteiger partial charge in [-0.15, -0.1) is 0 Å². The van der Waals surface area contributed by atoms with Crippen LogP contribution in [0.15, 0.2) is 46.9 Å². The standard InChI is InChI=1S/C20H22BrNO3/c1-4-12-5-10-16-15(11-12)17(18(23)20(2,3)25-16)22-19(24)13-6-8-14(21)9-7-13/h5-11,17-18,23H,4H2,1-3H3,(H,22,24). The molecule has 3 rings (SSSR count). The average molecular weight is 404 g/mol. The highest BCUT2D eigenvalue weighted by atomic mass is 79.9. The lowest BCUT2D eigenvalue weighted by molar-refractivity contribution is -0.0628. The topological polar surface area (TPSA) is 58.6 Å². The highest BCUT2D eigenvalue weighted by Crippen LogP contribution is 2.40. The lowest BCUT2D eigenvalue weighted by Gasteiger charge is -2.42. The van der Waals surface area contributed by atoms with Crippen molar-refractivity contribution in [2.24, 2.45) is 0 Å². The number of ether oxygens (including phenoxy) is 1. The van der Waals surface area contributed by atoms with Crippen molar-refractivity contribution < 1.29 is 14.6 Å². The third-order valence-corrected chi connectivity index (χ3v) is 5.14. The van der Waals surface area contributed by atoms with E-state index in [-0.39, 0.29) is 5.91 Å². The molecule has 0 radical (unpaired) electrons. The monoisotopic (exact) mass is 403 g/mol. The first-order chi connectivity index (χ1) is 11.8. The number of halogens is 1. The molecule has 0 saturated carbocycles. The van der Waals surface area contributed by atoms with E-state index in [1.165, 1.54) is 0 Å². The Balaban J connectivity index is 1.95. The zero-order valence-corrected chi connectivity index (χ0v) is 16.1. The third-order valence-electron chi connectivity index (χ3n) is 4.61. The quantitative estimate of drug-likeness (QED) is 0.813. The minimum atomic E-state index is -0.855. The minimum absolute atomic E-state index is 0.220. The van der Waals surface area contributed by atoms with E-state index < -0.39 is 17.7 Å². The van der Waals surface area contributed by atoms with E-state index in [4.69, 9.17) is 4.74 Å². The van der Waals surface area contributed by atoms with E-state index in [0.29, 0.717) is 11.3 Å². The highest BCUT2D eigenvalue weighted by molar-refractivity contribution is 9.10. The van der Waals surface area contributed by atoms with Gasteiger partial charge in [-0.25, -0.2) is 0 Å². The van der Waals surface area contributed by atoms with Gasteiger partial charge in [-0.05, 0) is 62.2 Å². The van der Waals surface area contributed by atoms with Gasteiger partial charge in [-0.1, -0.05) is 28.9 Å². The van der Waals surface area contributed by atoms with Crippen molar-refractivity contribution in [2.45, 2.75) is 44.9 Å². The fraction of sp³-hybridized carbons (Fsp3) is 0.350. The number of aryl methyl sites for hydroxylation is 1. The highest BCUT2D eigenvalue weighted by Gasteiger charge is 2.43. The van der Waals surface area contributed by atoms with E-state index in [1.54, 1.807) is 12.1 Å². The number of hydrogen-bond donors (Lipinski definition) is 2. The van der Waals surface area contributed by atoms with Gasteiger partial charge in [0.25, 0.3) is 5.91 Å². The predicted octanol–water partition coefficient (Wildman–Crippen LogP) is 4.01. The van der Waals surface area contributed by atoms with Crippen LogP contribution in [0.25, 0.3) is 0 Å². The number of carbonyl (C=O) groups excluding carboxylic acids is 1. The van der Waals surface area contributed by atoms with Gasteiger partial charge < -0.3 is 15.2 Å². The summed E-state index contributed by atoms with van der Waals surface area (Å²) in [7, 11) is 0. The maximum atomic E-state index is 12.7. The van der Waals surface area contributed by atoms with Crippen LogP contribution in [0.5, 0.6) is 5.75 Å². The van der Waals surface area contributed by atoms with Gasteiger partial charge >= 0.3 is 0 Å². The molecule has 1 aliphatic heterocycles. The van der Waals surface area contributed by atoms with Gasteiger partial charge in [0.2, 0.25) is 0 Å². The summed E-state index contributed by atoms with van der Waals surface area (Å²) in [6.45, 7) is 5.72. The maximum absolute atomic E-state index is 12.7. The van der Waals surface area contributed by atoms with Crippen LogP contribution in [0.3, 0.4) is 0 Å². The molecule has 1 amide bonds. The van der Waals surface area contributed by atoms with E-state index >= 15 is 0 Å². The average Bonchev–Trinajstić information content (AvgIpc) is 2.59. The number of fused-ring (bicyclic) bond motifs is 1. The molecular weight excluding hydrogens is 382 g/mol. The van der Waals surface area contributed by atoms with E-state index in [2.05, 4.69) is 28.2 Å². The van der Waals surface area contributed by atoms with Crippen molar-refractivity contribution in [2.75, 3.05) is 0 Å². The first-order valence-electron chi connectivity index (χ1n) is 8.38. The number of rotatable bonds is 3. The molecule has 1 aliphatic rings. The number of amides is 1. The van der Waals surface area contributed by atoms with E-state index in [0.717, 1.165) is 22.0 Å². The molecule has 5 heteroatoms. The van der Waals surface area contributed by atoms with Gasteiger partial charge in [-0.2, -0.15) is 0 Å². The van der Waals surface area contributed by atoms with Crippen LogP contribution in [0, 0.1) is 0 Å². The summed E-state index contributed by atoms with van der Waals surface area (Å²) in [6, 6.07) is 12.5. The van der Waals surface area contributed by atoms with Crippen LogP contribution in [0.2, 0.25) is 0 Å². The second-order valence-corrected chi connectivity index (χ2v) is 7.75. The maximum Gasteiger partial charge on any atom is 0.251 e. The summed E-state index contributed by atoms with van der Waals surface area (Å²) in [6.07, 6.45) is 0.0201. The molecule has 132 valence electrons. The lowest BCUT2D eigenvalue weighted by atomic mass is 9.85.